The molecule has 0 amide bonds. The summed E-state index contributed by atoms with van der Waals surface area (Å²) >= 11 is 0. The van der Waals surface area contributed by atoms with E-state index in [4.69, 9.17) is 0 Å². The molecule has 4 aliphatic carbocycles. The van der Waals surface area contributed by atoms with Gasteiger partial charge in [0.1, 0.15) is 0 Å². The van der Waals surface area contributed by atoms with E-state index in [0.29, 0.717) is 11.8 Å². The highest BCUT2D eigenvalue weighted by Crippen LogP contribution is 2.56. The molecule has 1 heteroatoms. The second-order valence-corrected chi connectivity index (χ2v) is 18.3. The molecule has 0 saturated heterocycles. The topological polar surface area (TPSA) is 3.24 Å². The van der Waals surface area contributed by atoms with Gasteiger partial charge in [0.15, 0.2) is 0 Å². The smallest absolute Gasteiger partial charge is 0.0543 e. The molecule has 0 heterocycles. The van der Waals surface area contributed by atoms with E-state index in [1.54, 1.807) is 0 Å². The van der Waals surface area contributed by atoms with Crippen molar-refractivity contribution < 1.29 is 0 Å². The molecule has 1 nitrogen and oxygen atoms in total. The van der Waals surface area contributed by atoms with Gasteiger partial charge < -0.3 is 4.90 Å². The first-order chi connectivity index (χ1) is 28.0. The Labute approximate surface area is 339 Å². The molecular formula is C56H53N. The molecule has 7 aromatic rings. The first-order valence-corrected chi connectivity index (χ1v) is 21.9. The summed E-state index contributed by atoms with van der Waals surface area (Å²) in [5.74, 6) is 3.16. The minimum atomic E-state index is -0.131. The Kier molecular flexibility index (Phi) is 8.50. The summed E-state index contributed by atoms with van der Waals surface area (Å²) in [5, 5.41) is 2.64. The average molecular weight is 740 g/mol. The lowest BCUT2D eigenvalue weighted by molar-refractivity contribution is 0.420. The summed E-state index contributed by atoms with van der Waals surface area (Å²) in [6.07, 6.45) is 12.3. The summed E-state index contributed by atoms with van der Waals surface area (Å²) in [4.78, 5) is 2.59. The predicted molar refractivity (Wildman–Crippen MR) is 241 cm³/mol. The van der Waals surface area contributed by atoms with E-state index in [-0.39, 0.29) is 5.41 Å². The fourth-order valence-corrected chi connectivity index (χ4v) is 11.8. The van der Waals surface area contributed by atoms with Crippen LogP contribution in [0.3, 0.4) is 0 Å². The molecule has 0 N–H and O–H groups in total. The lowest BCUT2D eigenvalue weighted by Gasteiger charge is -2.31. The van der Waals surface area contributed by atoms with Crippen LogP contribution in [0.25, 0.3) is 44.2 Å². The number of hydrogen-bond acceptors (Lipinski definition) is 1. The van der Waals surface area contributed by atoms with Gasteiger partial charge in [0.2, 0.25) is 0 Å². The Balaban J connectivity index is 1.14. The van der Waals surface area contributed by atoms with Crippen LogP contribution in [-0.2, 0) is 5.41 Å². The van der Waals surface area contributed by atoms with Crippen molar-refractivity contribution in [3.05, 3.63) is 174 Å². The zero-order valence-corrected chi connectivity index (χ0v) is 33.6. The highest BCUT2D eigenvalue weighted by molar-refractivity contribution is 5.99. The number of nitrogens with zero attached hydrogens (tertiary/aromatic N) is 1. The number of fused-ring (bicyclic) bond motifs is 6. The predicted octanol–water partition coefficient (Wildman–Crippen LogP) is 15.9. The molecule has 11 rings (SSSR count). The Morgan fingerprint density at radius 2 is 1.18 bits per heavy atom. The molecule has 3 unspecified atom stereocenters. The summed E-state index contributed by atoms with van der Waals surface area (Å²) in [6.45, 7) is 4.83. The Morgan fingerprint density at radius 3 is 1.95 bits per heavy atom. The van der Waals surface area contributed by atoms with E-state index in [0.717, 1.165) is 11.8 Å². The zero-order chi connectivity index (χ0) is 38.1. The molecule has 0 aliphatic heterocycles. The molecule has 282 valence electrons. The molecule has 3 atom stereocenters. The maximum absolute atomic E-state index is 2.59. The van der Waals surface area contributed by atoms with Crippen molar-refractivity contribution in [2.75, 3.05) is 4.90 Å². The van der Waals surface area contributed by atoms with Crippen LogP contribution in [-0.4, -0.2) is 0 Å². The van der Waals surface area contributed by atoms with Gasteiger partial charge in [0.05, 0.1) is 5.69 Å². The molecule has 7 aromatic carbocycles. The summed E-state index contributed by atoms with van der Waals surface area (Å²) in [7, 11) is 0. The molecule has 0 radical (unpaired) electrons. The van der Waals surface area contributed by atoms with Crippen molar-refractivity contribution in [3.63, 3.8) is 0 Å². The van der Waals surface area contributed by atoms with Crippen molar-refractivity contribution in [1.82, 2.24) is 0 Å². The zero-order valence-electron chi connectivity index (χ0n) is 33.6. The van der Waals surface area contributed by atoms with Crippen LogP contribution in [0, 0.1) is 11.8 Å². The van der Waals surface area contributed by atoms with Crippen LogP contribution in [0.2, 0.25) is 0 Å². The van der Waals surface area contributed by atoms with Gasteiger partial charge in [-0.1, -0.05) is 155 Å². The molecule has 57 heavy (non-hydrogen) atoms. The van der Waals surface area contributed by atoms with Crippen LogP contribution in [0.4, 0.5) is 17.1 Å². The van der Waals surface area contributed by atoms with Crippen molar-refractivity contribution in [3.8, 4) is 33.4 Å². The fraction of sp³-hybridized carbons (Fsp3) is 0.286. The first-order valence-electron chi connectivity index (χ1n) is 21.9. The van der Waals surface area contributed by atoms with Gasteiger partial charge in [-0.2, -0.15) is 0 Å². The highest BCUT2D eigenvalue weighted by Gasteiger charge is 2.40. The van der Waals surface area contributed by atoms with E-state index in [9.17, 15) is 0 Å². The van der Waals surface area contributed by atoms with Crippen molar-refractivity contribution in [1.29, 1.82) is 0 Å². The molecule has 2 bridgehead atoms. The molecule has 0 aromatic heterocycles. The van der Waals surface area contributed by atoms with Gasteiger partial charge in [-0.25, -0.2) is 0 Å². The lowest BCUT2D eigenvalue weighted by atomic mass is 9.81. The van der Waals surface area contributed by atoms with Crippen LogP contribution in [0.15, 0.2) is 152 Å². The Morgan fingerprint density at radius 1 is 0.474 bits per heavy atom. The van der Waals surface area contributed by atoms with Gasteiger partial charge in [-0.15, -0.1) is 0 Å². The van der Waals surface area contributed by atoms with Gasteiger partial charge in [0, 0.05) is 22.4 Å². The number of rotatable bonds is 7. The van der Waals surface area contributed by atoms with Crippen LogP contribution >= 0.6 is 0 Å². The average Bonchev–Trinajstić information content (AvgIpc) is 3.97. The largest absolute Gasteiger partial charge is 0.310 e. The SMILES string of the molecule is CC1(C)c2ccccc2-c2cc(-c3ccccc3-c3ccccc3)c(N(c3ccc(C4CC5CCC4C5)cc3)c3ccc4ccc(C5CCCCC5)cc4c3)cc21. The Hall–Kier alpha value is -5.40. The molecular weight excluding hydrogens is 687 g/mol. The van der Waals surface area contributed by atoms with E-state index in [1.165, 1.54) is 141 Å². The maximum Gasteiger partial charge on any atom is 0.0543 e. The number of benzene rings is 7. The van der Waals surface area contributed by atoms with E-state index >= 15 is 0 Å². The second-order valence-electron chi connectivity index (χ2n) is 18.3. The van der Waals surface area contributed by atoms with E-state index < -0.39 is 0 Å². The third-order valence-electron chi connectivity index (χ3n) is 14.7. The molecule has 4 aliphatic rings. The number of anilines is 3. The summed E-state index contributed by atoms with van der Waals surface area (Å²) < 4.78 is 0. The van der Waals surface area contributed by atoms with Crippen LogP contribution < -0.4 is 4.90 Å². The standard InChI is InChI=1S/C56H53N/c1-56(2)53-20-12-11-19-49(53)51-35-52(48-18-10-9-17-47(48)40-15-7-4-8-16-40)55(36-54(51)56)57(45-28-26-41(27-29-45)50-32-37-21-22-43(50)31-37)46-30-25-39-23-24-42(33-44(39)34-46)38-13-5-3-6-14-38/h4,7-12,15-20,23-30,33-38,43,50H,3,5-6,13-14,21-22,31-32H2,1-2H3. The number of hydrogen-bond donors (Lipinski definition) is 0. The monoisotopic (exact) mass is 739 g/mol. The van der Waals surface area contributed by atoms with Gasteiger partial charge in [0.25, 0.3) is 0 Å². The van der Waals surface area contributed by atoms with E-state index in [1.807, 2.05) is 0 Å². The fourth-order valence-electron chi connectivity index (χ4n) is 11.8. The normalized spacial score (nSPS) is 20.8. The van der Waals surface area contributed by atoms with Crippen LogP contribution in [0.5, 0.6) is 0 Å². The molecule has 0 spiro atoms. The Bertz CT molecular complexity index is 2610. The minimum Gasteiger partial charge on any atom is -0.310 e. The van der Waals surface area contributed by atoms with Crippen molar-refractivity contribution in [2.24, 2.45) is 11.8 Å². The first kappa shape index (κ1) is 34.8. The third-order valence-corrected chi connectivity index (χ3v) is 14.7. The maximum atomic E-state index is 2.59. The van der Waals surface area contributed by atoms with Gasteiger partial charge in [-0.05, 0) is 153 Å². The van der Waals surface area contributed by atoms with E-state index in [2.05, 4.69) is 170 Å². The van der Waals surface area contributed by atoms with Crippen LogP contribution in [0.1, 0.15) is 106 Å². The second kappa shape index (κ2) is 13.9. The van der Waals surface area contributed by atoms with Crippen molar-refractivity contribution >= 4 is 27.8 Å². The quantitative estimate of drug-likeness (QED) is 0.157. The molecule has 3 fully saturated rings. The van der Waals surface area contributed by atoms with Crippen molar-refractivity contribution in [2.45, 2.75) is 88.9 Å². The van der Waals surface area contributed by atoms with Gasteiger partial charge >= 0.3 is 0 Å². The third kappa shape index (κ3) is 5.96. The van der Waals surface area contributed by atoms with Gasteiger partial charge in [-0.3, -0.25) is 0 Å². The lowest BCUT2D eigenvalue weighted by Crippen LogP contribution is -2.17. The summed E-state index contributed by atoms with van der Waals surface area (Å²) in [5.41, 5.74) is 17.1. The highest BCUT2D eigenvalue weighted by atomic mass is 15.1. The minimum absolute atomic E-state index is 0.131. The molecule has 3 saturated carbocycles. The summed E-state index contributed by atoms with van der Waals surface area (Å²) in [6, 6.07) is 58.5.